The minimum Gasteiger partial charge on any atom is -0.201 e. The van der Waals surface area contributed by atoms with Gasteiger partial charge in [0.25, 0.3) is 10.2 Å². The SMILES string of the molecule is O=S(=O)(NCC(Br)C1CC1)N1CCCCC1. The second-order valence-electron chi connectivity index (χ2n) is 4.67. The van der Waals surface area contributed by atoms with E-state index in [1.165, 1.54) is 12.8 Å². The van der Waals surface area contributed by atoms with Crippen molar-refractivity contribution in [3.8, 4) is 0 Å². The first kappa shape index (κ1) is 12.8. The van der Waals surface area contributed by atoms with E-state index in [2.05, 4.69) is 20.7 Å². The lowest BCUT2D eigenvalue weighted by Crippen LogP contribution is -2.45. The first-order valence-corrected chi connectivity index (χ1v) is 8.34. The van der Waals surface area contributed by atoms with Crippen LogP contribution in [0.1, 0.15) is 32.1 Å². The largest absolute Gasteiger partial charge is 0.279 e. The maximum Gasteiger partial charge on any atom is 0.279 e. The molecule has 1 aliphatic carbocycles. The van der Waals surface area contributed by atoms with Crippen LogP contribution in [0.5, 0.6) is 0 Å². The molecule has 6 heteroatoms. The van der Waals surface area contributed by atoms with E-state index in [9.17, 15) is 8.42 Å². The van der Waals surface area contributed by atoms with Gasteiger partial charge in [-0.2, -0.15) is 12.7 Å². The van der Waals surface area contributed by atoms with Crippen molar-refractivity contribution in [2.45, 2.75) is 36.9 Å². The fourth-order valence-corrected chi connectivity index (χ4v) is 4.22. The van der Waals surface area contributed by atoms with Crippen LogP contribution in [0, 0.1) is 5.92 Å². The summed E-state index contributed by atoms with van der Waals surface area (Å²) >= 11 is 3.54. The zero-order chi connectivity index (χ0) is 11.6. The number of hydrogen-bond donors (Lipinski definition) is 1. The smallest absolute Gasteiger partial charge is 0.201 e. The third-order valence-electron chi connectivity index (χ3n) is 3.25. The van der Waals surface area contributed by atoms with Crippen LogP contribution in [-0.2, 0) is 10.2 Å². The van der Waals surface area contributed by atoms with Crippen molar-refractivity contribution in [1.29, 1.82) is 0 Å². The molecular weight excluding hydrogens is 292 g/mol. The number of alkyl halides is 1. The third kappa shape index (κ3) is 3.42. The van der Waals surface area contributed by atoms with Crippen LogP contribution in [-0.4, -0.2) is 37.2 Å². The molecule has 0 aromatic carbocycles. The fourth-order valence-electron chi connectivity index (χ4n) is 2.01. The van der Waals surface area contributed by atoms with Crippen LogP contribution in [0.3, 0.4) is 0 Å². The Kier molecular flexibility index (Phi) is 4.26. The predicted octanol–water partition coefficient (Wildman–Crippen LogP) is 1.48. The van der Waals surface area contributed by atoms with Gasteiger partial charge in [0, 0.05) is 24.5 Å². The van der Waals surface area contributed by atoms with Crippen molar-refractivity contribution in [2.24, 2.45) is 5.92 Å². The second-order valence-corrected chi connectivity index (χ2v) is 7.60. The molecule has 1 atom stereocenters. The third-order valence-corrected chi connectivity index (χ3v) is 5.90. The number of nitrogens with one attached hydrogen (secondary N) is 1. The Bertz CT molecular complexity index is 324. The molecule has 94 valence electrons. The summed E-state index contributed by atoms with van der Waals surface area (Å²) < 4.78 is 28.1. The monoisotopic (exact) mass is 310 g/mol. The van der Waals surface area contributed by atoms with Gasteiger partial charge < -0.3 is 0 Å². The van der Waals surface area contributed by atoms with E-state index < -0.39 is 10.2 Å². The van der Waals surface area contributed by atoms with E-state index in [1.807, 2.05) is 0 Å². The van der Waals surface area contributed by atoms with E-state index in [1.54, 1.807) is 4.31 Å². The van der Waals surface area contributed by atoms with Gasteiger partial charge in [-0.3, -0.25) is 0 Å². The number of nitrogens with zero attached hydrogens (tertiary/aromatic N) is 1. The van der Waals surface area contributed by atoms with E-state index in [0.29, 0.717) is 30.4 Å². The molecule has 0 spiro atoms. The highest BCUT2D eigenvalue weighted by atomic mass is 79.9. The number of hydrogen-bond acceptors (Lipinski definition) is 2. The molecule has 1 aliphatic heterocycles. The molecule has 2 fully saturated rings. The van der Waals surface area contributed by atoms with Gasteiger partial charge in [0.1, 0.15) is 0 Å². The van der Waals surface area contributed by atoms with Gasteiger partial charge >= 0.3 is 0 Å². The standard InChI is InChI=1S/C10H19BrN2O2S/c11-10(9-4-5-9)8-12-16(14,15)13-6-2-1-3-7-13/h9-10,12H,1-8H2. The van der Waals surface area contributed by atoms with E-state index in [-0.39, 0.29) is 0 Å². The van der Waals surface area contributed by atoms with Crippen LogP contribution >= 0.6 is 15.9 Å². The van der Waals surface area contributed by atoms with Gasteiger partial charge in [-0.05, 0) is 31.6 Å². The summed E-state index contributed by atoms with van der Waals surface area (Å²) in [5.74, 6) is 0.670. The Morgan fingerprint density at radius 3 is 2.44 bits per heavy atom. The molecule has 1 unspecified atom stereocenters. The molecule has 4 nitrogen and oxygen atoms in total. The maximum atomic E-state index is 11.9. The first-order chi connectivity index (χ1) is 7.59. The summed E-state index contributed by atoms with van der Waals surface area (Å²) in [6.45, 7) is 1.86. The average Bonchev–Trinajstić information content (AvgIpc) is 3.11. The molecule has 0 amide bonds. The number of piperidine rings is 1. The summed E-state index contributed by atoms with van der Waals surface area (Å²) in [6.07, 6.45) is 5.57. The second kappa shape index (κ2) is 5.33. The Labute approximate surface area is 106 Å². The van der Waals surface area contributed by atoms with Gasteiger partial charge in [-0.15, -0.1) is 0 Å². The van der Waals surface area contributed by atoms with Gasteiger partial charge in [-0.25, -0.2) is 4.72 Å². The minimum atomic E-state index is -3.23. The zero-order valence-electron chi connectivity index (χ0n) is 9.36. The van der Waals surface area contributed by atoms with Crippen molar-refractivity contribution in [3.63, 3.8) is 0 Å². The summed E-state index contributed by atoms with van der Waals surface area (Å²) in [5.41, 5.74) is 0. The van der Waals surface area contributed by atoms with Crippen LogP contribution in [0.4, 0.5) is 0 Å². The Morgan fingerprint density at radius 2 is 1.88 bits per heavy atom. The zero-order valence-corrected chi connectivity index (χ0v) is 11.8. The predicted molar refractivity (Wildman–Crippen MR) is 67.8 cm³/mol. The summed E-state index contributed by atoms with van der Waals surface area (Å²) in [6, 6.07) is 0. The normalized spacial score (nSPS) is 25.6. The Hall–Kier alpha value is 0.350. The quantitative estimate of drug-likeness (QED) is 0.782. The highest BCUT2D eigenvalue weighted by Gasteiger charge is 2.31. The average molecular weight is 311 g/mol. The Balaban J connectivity index is 1.81. The molecule has 0 aromatic heterocycles. The van der Waals surface area contributed by atoms with Crippen molar-refractivity contribution >= 4 is 26.1 Å². The molecular formula is C10H19BrN2O2S. The molecule has 2 rings (SSSR count). The maximum absolute atomic E-state index is 11.9. The first-order valence-electron chi connectivity index (χ1n) is 5.98. The lowest BCUT2D eigenvalue weighted by atomic mass is 10.2. The van der Waals surface area contributed by atoms with Crippen molar-refractivity contribution in [2.75, 3.05) is 19.6 Å². The molecule has 1 saturated carbocycles. The van der Waals surface area contributed by atoms with Crippen molar-refractivity contribution in [1.82, 2.24) is 9.03 Å². The van der Waals surface area contributed by atoms with Gasteiger partial charge in [0.05, 0.1) is 0 Å². The summed E-state index contributed by atoms with van der Waals surface area (Å²) in [7, 11) is -3.23. The lowest BCUT2D eigenvalue weighted by Gasteiger charge is -2.26. The topological polar surface area (TPSA) is 49.4 Å². The molecule has 1 saturated heterocycles. The molecule has 0 bridgehead atoms. The highest BCUT2D eigenvalue weighted by Crippen LogP contribution is 2.36. The van der Waals surface area contributed by atoms with Crippen LogP contribution in [0.15, 0.2) is 0 Å². The van der Waals surface area contributed by atoms with Gasteiger partial charge in [0.2, 0.25) is 0 Å². The number of halogens is 1. The van der Waals surface area contributed by atoms with E-state index >= 15 is 0 Å². The summed E-state index contributed by atoms with van der Waals surface area (Å²) in [4.78, 5) is 0.298. The summed E-state index contributed by atoms with van der Waals surface area (Å²) in [5, 5.41) is 0. The molecule has 2 aliphatic rings. The van der Waals surface area contributed by atoms with E-state index in [4.69, 9.17) is 0 Å². The van der Waals surface area contributed by atoms with Crippen LogP contribution in [0.25, 0.3) is 0 Å². The fraction of sp³-hybridized carbons (Fsp3) is 1.00. The lowest BCUT2D eigenvalue weighted by molar-refractivity contribution is 0.341. The molecule has 0 aromatic rings. The van der Waals surface area contributed by atoms with Crippen LogP contribution < -0.4 is 4.72 Å². The highest BCUT2D eigenvalue weighted by molar-refractivity contribution is 9.09. The molecule has 0 radical (unpaired) electrons. The minimum absolute atomic E-state index is 0.298. The van der Waals surface area contributed by atoms with E-state index in [0.717, 1.165) is 19.3 Å². The Morgan fingerprint density at radius 1 is 1.25 bits per heavy atom. The van der Waals surface area contributed by atoms with Crippen molar-refractivity contribution < 1.29 is 8.42 Å². The van der Waals surface area contributed by atoms with Crippen LogP contribution in [0.2, 0.25) is 0 Å². The molecule has 1 N–H and O–H groups in total. The molecule has 1 heterocycles. The van der Waals surface area contributed by atoms with Gasteiger partial charge in [-0.1, -0.05) is 22.4 Å². The molecule has 16 heavy (non-hydrogen) atoms. The number of rotatable bonds is 5. The van der Waals surface area contributed by atoms with Crippen molar-refractivity contribution in [3.05, 3.63) is 0 Å². The van der Waals surface area contributed by atoms with Gasteiger partial charge in [0.15, 0.2) is 0 Å².